The molecule has 114 valence electrons. The van der Waals surface area contributed by atoms with Gasteiger partial charge in [0.25, 0.3) is 0 Å². The van der Waals surface area contributed by atoms with Gasteiger partial charge in [0, 0.05) is 0 Å². The number of methoxy groups -OCH3 is 1. The molecule has 0 saturated heterocycles. The maximum atomic E-state index is 12.5. The summed E-state index contributed by atoms with van der Waals surface area (Å²) in [4.78, 5) is 0. The van der Waals surface area contributed by atoms with E-state index in [0.29, 0.717) is 5.76 Å². The van der Waals surface area contributed by atoms with Gasteiger partial charge >= 0.3 is 6.18 Å². The molecule has 0 saturated carbocycles. The first-order chi connectivity index (χ1) is 9.84. The highest BCUT2D eigenvalue weighted by Gasteiger charge is 2.30. The molecule has 0 heterocycles. The van der Waals surface area contributed by atoms with E-state index >= 15 is 0 Å². The molecular formula is C15H16F3NO2. The number of allylic oxidation sites excluding steroid dienone is 3. The van der Waals surface area contributed by atoms with Gasteiger partial charge in [0.1, 0.15) is 18.1 Å². The van der Waals surface area contributed by atoms with Gasteiger partial charge in [0.2, 0.25) is 0 Å². The number of hydrogen-bond acceptors (Lipinski definition) is 3. The van der Waals surface area contributed by atoms with Crippen molar-refractivity contribution in [2.75, 3.05) is 19.5 Å². The summed E-state index contributed by atoms with van der Waals surface area (Å²) in [6, 6.07) is 2.98. The van der Waals surface area contributed by atoms with Crippen LogP contribution in [0.5, 0.6) is 5.75 Å². The Labute approximate surface area is 121 Å². The molecule has 0 atom stereocenters. The fraction of sp³-hybridized carbons (Fsp3) is 0.200. The van der Waals surface area contributed by atoms with E-state index in [2.05, 4.69) is 6.58 Å². The Hall–Kier alpha value is -2.37. The number of ether oxygens (including phenoxy) is 2. The summed E-state index contributed by atoms with van der Waals surface area (Å²) in [6.07, 6.45) is 2.32. The molecule has 0 unspecified atom stereocenters. The molecule has 3 nitrogen and oxygen atoms in total. The van der Waals surface area contributed by atoms with Crippen LogP contribution in [0.1, 0.15) is 5.56 Å². The third-order valence-electron chi connectivity index (χ3n) is 2.46. The second-order valence-electron chi connectivity index (χ2n) is 4.02. The number of alkyl halides is 3. The van der Waals surface area contributed by atoms with Crippen molar-refractivity contribution in [1.82, 2.24) is 0 Å². The van der Waals surface area contributed by atoms with Crippen LogP contribution in [-0.2, 0) is 10.9 Å². The van der Waals surface area contributed by atoms with Crippen molar-refractivity contribution in [2.24, 2.45) is 0 Å². The first-order valence-electron chi connectivity index (χ1n) is 6.00. The fourth-order valence-corrected chi connectivity index (χ4v) is 1.36. The van der Waals surface area contributed by atoms with Gasteiger partial charge in [0.05, 0.1) is 18.4 Å². The highest BCUT2D eigenvalue weighted by Crippen LogP contribution is 2.33. The highest BCUT2D eigenvalue weighted by atomic mass is 19.4. The minimum absolute atomic E-state index is 0.0541. The van der Waals surface area contributed by atoms with Gasteiger partial charge in [-0.1, -0.05) is 18.7 Å². The van der Waals surface area contributed by atoms with Crippen LogP contribution in [-0.4, -0.2) is 13.7 Å². The van der Waals surface area contributed by atoms with Gasteiger partial charge in [-0.15, -0.1) is 0 Å². The van der Waals surface area contributed by atoms with Crippen LogP contribution < -0.4 is 10.5 Å². The summed E-state index contributed by atoms with van der Waals surface area (Å²) in [7, 11) is 1.51. The lowest BCUT2D eigenvalue weighted by Gasteiger charge is -2.10. The zero-order chi connectivity index (χ0) is 15.9. The third-order valence-corrected chi connectivity index (χ3v) is 2.46. The Morgan fingerprint density at radius 2 is 2.05 bits per heavy atom. The second kappa shape index (κ2) is 7.42. The molecular weight excluding hydrogens is 283 g/mol. The van der Waals surface area contributed by atoms with Crippen LogP contribution in [0.3, 0.4) is 0 Å². The average Bonchev–Trinajstić information content (AvgIpc) is 2.42. The standard InChI is InChI=1S/C15H16F3NO2/c1-11(20-2)6-4-3-5-9-21-14-8-7-12(10-13(14)19)15(16,17)18/h3-8,10H,1,9,19H2,2H3/b5-3-,6-4-. The lowest BCUT2D eigenvalue weighted by Crippen LogP contribution is -2.06. The predicted octanol–water partition coefficient (Wildman–Crippen LogP) is 3.94. The lowest BCUT2D eigenvalue weighted by atomic mass is 10.2. The molecule has 21 heavy (non-hydrogen) atoms. The van der Waals surface area contributed by atoms with E-state index in [1.807, 2.05) is 0 Å². The van der Waals surface area contributed by atoms with Crippen molar-refractivity contribution < 1.29 is 22.6 Å². The highest BCUT2D eigenvalue weighted by molar-refractivity contribution is 5.54. The summed E-state index contributed by atoms with van der Waals surface area (Å²) in [5.74, 6) is 0.713. The molecule has 0 aliphatic rings. The van der Waals surface area contributed by atoms with E-state index in [0.717, 1.165) is 12.1 Å². The molecule has 1 aromatic rings. The van der Waals surface area contributed by atoms with Gasteiger partial charge in [-0.05, 0) is 30.4 Å². The van der Waals surface area contributed by atoms with Crippen LogP contribution in [0.2, 0.25) is 0 Å². The summed E-state index contributed by atoms with van der Waals surface area (Å²) in [6.45, 7) is 3.78. The Bertz CT molecular complexity index is 548. The van der Waals surface area contributed by atoms with Gasteiger partial charge in [-0.25, -0.2) is 0 Å². The number of nitrogens with two attached hydrogens (primary N) is 1. The largest absolute Gasteiger partial charge is 0.497 e. The van der Waals surface area contributed by atoms with Gasteiger partial charge in [-0.2, -0.15) is 13.2 Å². The van der Waals surface area contributed by atoms with Crippen LogP contribution in [0.4, 0.5) is 18.9 Å². The summed E-state index contributed by atoms with van der Waals surface area (Å²) >= 11 is 0. The minimum atomic E-state index is -4.42. The van der Waals surface area contributed by atoms with Crippen molar-refractivity contribution in [2.45, 2.75) is 6.18 Å². The number of hydrogen-bond donors (Lipinski definition) is 1. The van der Waals surface area contributed by atoms with E-state index in [4.69, 9.17) is 15.2 Å². The van der Waals surface area contributed by atoms with Crippen LogP contribution >= 0.6 is 0 Å². The second-order valence-corrected chi connectivity index (χ2v) is 4.02. The van der Waals surface area contributed by atoms with E-state index < -0.39 is 11.7 Å². The van der Waals surface area contributed by atoms with E-state index in [-0.39, 0.29) is 18.0 Å². The van der Waals surface area contributed by atoms with Crippen LogP contribution in [0, 0.1) is 0 Å². The molecule has 0 fully saturated rings. The van der Waals surface area contributed by atoms with Crippen molar-refractivity contribution in [3.05, 3.63) is 60.4 Å². The smallest absolute Gasteiger partial charge is 0.416 e. The van der Waals surface area contributed by atoms with E-state index in [9.17, 15) is 13.2 Å². The number of rotatable bonds is 6. The maximum Gasteiger partial charge on any atom is 0.416 e. The molecule has 0 aliphatic heterocycles. The van der Waals surface area contributed by atoms with Crippen molar-refractivity contribution in [1.29, 1.82) is 0 Å². The molecule has 6 heteroatoms. The summed E-state index contributed by atoms with van der Waals surface area (Å²) in [5.41, 5.74) is 4.67. The first kappa shape index (κ1) is 16.7. The number of halogens is 3. The van der Waals surface area contributed by atoms with E-state index in [1.165, 1.54) is 13.2 Å². The Balaban J connectivity index is 2.55. The zero-order valence-corrected chi connectivity index (χ0v) is 11.5. The average molecular weight is 299 g/mol. The molecule has 1 rings (SSSR count). The molecule has 0 spiro atoms. The number of nitrogen functional groups attached to an aromatic ring is 1. The minimum Gasteiger partial charge on any atom is -0.497 e. The predicted molar refractivity (Wildman–Crippen MR) is 75.8 cm³/mol. The Morgan fingerprint density at radius 3 is 2.62 bits per heavy atom. The van der Waals surface area contributed by atoms with Crippen LogP contribution in [0.25, 0.3) is 0 Å². The third kappa shape index (κ3) is 5.64. The maximum absolute atomic E-state index is 12.5. The molecule has 0 radical (unpaired) electrons. The monoisotopic (exact) mass is 299 g/mol. The molecule has 0 amide bonds. The van der Waals surface area contributed by atoms with Gasteiger partial charge in [0.15, 0.2) is 0 Å². The number of anilines is 1. The normalized spacial score (nSPS) is 12.0. The Kier molecular flexibility index (Phi) is 5.90. The molecule has 2 N–H and O–H groups in total. The molecule has 1 aromatic carbocycles. The summed E-state index contributed by atoms with van der Waals surface area (Å²) in [5, 5.41) is 0. The first-order valence-corrected chi connectivity index (χ1v) is 6.00. The zero-order valence-electron chi connectivity index (χ0n) is 11.5. The molecule has 0 aliphatic carbocycles. The summed E-state index contributed by atoms with van der Waals surface area (Å²) < 4.78 is 47.5. The lowest BCUT2D eigenvalue weighted by molar-refractivity contribution is -0.137. The van der Waals surface area contributed by atoms with E-state index in [1.54, 1.807) is 24.3 Å². The topological polar surface area (TPSA) is 44.5 Å². The number of benzene rings is 1. The van der Waals surface area contributed by atoms with Crippen molar-refractivity contribution >= 4 is 5.69 Å². The molecule has 0 bridgehead atoms. The molecule has 0 aromatic heterocycles. The van der Waals surface area contributed by atoms with Crippen LogP contribution in [0.15, 0.2) is 54.8 Å². The Morgan fingerprint density at radius 1 is 1.33 bits per heavy atom. The SMILES string of the molecule is C=C(/C=C\C=C/COc1ccc(C(F)(F)F)cc1N)OC. The van der Waals surface area contributed by atoms with Gasteiger partial charge in [-0.3, -0.25) is 0 Å². The van der Waals surface area contributed by atoms with Crippen molar-refractivity contribution in [3.63, 3.8) is 0 Å². The van der Waals surface area contributed by atoms with Crippen molar-refractivity contribution in [3.8, 4) is 5.75 Å². The van der Waals surface area contributed by atoms with Gasteiger partial charge < -0.3 is 15.2 Å². The quantitative estimate of drug-likeness (QED) is 0.491. The fourth-order valence-electron chi connectivity index (χ4n) is 1.36.